The van der Waals surface area contributed by atoms with Gasteiger partial charge in [-0.1, -0.05) is 12.1 Å². The van der Waals surface area contributed by atoms with Gasteiger partial charge in [-0.25, -0.2) is 4.39 Å². The second-order valence-corrected chi connectivity index (χ2v) is 4.31. The number of ether oxygens (including phenoxy) is 1. The largest absolute Gasteiger partial charge is 0.411 e. The fourth-order valence-electron chi connectivity index (χ4n) is 1.75. The van der Waals surface area contributed by atoms with E-state index in [9.17, 15) is 17.6 Å². The van der Waals surface area contributed by atoms with Crippen LogP contribution in [0.5, 0.6) is 0 Å². The minimum Gasteiger partial charge on any atom is -0.372 e. The van der Waals surface area contributed by atoms with Crippen LogP contribution in [0.1, 0.15) is 23.6 Å². The third-order valence-electron chi connectivity index (χ3n) is 2.75. The Bertz CT molecular complexity index is 406. The van der Waals surface area contributed by atoms with Gasteiger partial charge in [0, 0.05) is 12.6 Å². The summed E-state index contributed by atoms with van der Waals surface area (Å²) in [4.78, 5) is 0. The van der Waals surface area contributed by atoms with E-state index in [4.69, 9.17) is 0 Å². The van der Waals surface area contributed by atoms with Gasteiger partial charge in [0.2, 0.25) is 0 Å². The number of rotatable bonds is 6. The van der Waals surface area contributed by atoms with Gasteiger partial charge in [0.15, 0.2) is 0 Å². The summed E-state index contributed by atoms with van der Waals surface area (Å²) < 4.78 is 53.4. The van der Waals surface area contributed by atoms with E-state index in [1.807, 2.05) is 0 Å². The topological polar surface area (TPSA) is 21.3 Å². The quantitative estimate of drug-likeness (QED) is 0.637. The minimum atomic E-state index is -4.30. The molecule has 1 unspecified atom stereocenters. The van der Waals surface area contributed by atoms with Gasteiger partial charge < -0.3 is 10.1 Å². The molecule has 1 aromatic rings. The van der Waals surface area contributed by atoms with Crippen LogP contribution in [0.4, 0.5) is 17.6 Å². The van der Waals surface area contributed by atoms with Crippen LogP contribution < -0.4 is 5.32 Å². The highest BCUT2D eigenvalue weighted by molar-refractivity contribution is 5.26. The molecule has 0 aliphatic carbocycles. The summed E-state index contributed by atoms with van der Waals surface area (Å²) in [6, 6.07) is 4.49. The van der Waals surface area contributed by atoms with E-state index < -0.39 is 12.8 Å². The lowest BCUT2D eigenvalue weighted by molar-refractivity contribution is -0.174. The molecule has 0 bridgehead atoms. The second kappa shape index (κ2) is 6.86. The molecule has 0 saturated carbocycles. The highest BCUT2D eigenvalue weighted by atomic mass is 19.4. The maximum atomic E-state index is 13.1. The van der Waals surface area contributed by atoms with E-state index in [1.54, 1.807) is 26.1 Å². The van der Waals surface area contributed by atoms with Crippen molar-refractivity contribution in [2.75, 3.05) is 20.3 Å². The van der Waals surface area contributed by atoms with Crippen LogP contribution in [0.2, 0.25) is 0 Å². The summed E-state index contributed by atoms with van der Waals surface area (Å²) in [5, 5.41) is 2.98. The first kappa shape index (κ1) is 15.9. The van der Waals surface area contributed by atoms with Crippen molar-refractivity contribution in [2.45, 2.75) is 25.6 Å². The van der Waals surface area contributed by atoms with Gasteiger partial charge in [0.1, 0.15) is 12.4 Å². The standard InChI is InChI=1S/C13H17F4NO/c1-9-7-10(3-4-11(9)14)12(18-2)5-6-19-8-13(15,16)17/h3-4,7,12,18H,5-6,8H2,1-2H3. The Morgan fingerprint density at radius 2 is 2.00 bits per heavy atom. The third-order valence-corrected chi connectivity index (χ3v) is 2.75. The Morgan fingerprint density at radius 1 is 1.32 bits per heavy atom. The number of benzene rings is 1. The molecule has 0 spiro atoms. The SMILES string of the molecule is CNC(CCOCC(F)(F)F)c1ccc(F)c(C)c1. The molecule has 0 radical (unpaired) electrons. The molecule has 1 N–H and O–H groups in total. The Hall–Kier alpha value is -1.14. The van der Waals surface area contributed by atoms with Crippen LogP contribution in [-0.4, -0.2) is 26.4 Å². The van der Waals surface area contributed by atoms with Crippen molar-refractivity contribution in [1.82, 2.24) is 5.32 Å². The Labute approximate surface area is 109 Å². The summed E-state index contributed by atoms with van der Waals surface area (Å²) in [5.74, 6) is -0.299. The monoisotopic (exact) mass is 279 g/mol. The van der Waals surface area contributed by atoms with Gasteiger partial charge in [-0.05, 0) is 37.6 Å². The van der Waals surface area contributed by atoms with Crippen molar-refractivity contribution >= 4 is 0 Å². The zero-order valence-electron chi connectivity index (χ0n) is 10.9. The lowest BCUT2D eigenvalue weighted by Gasteiger charge is -2.17. The minimum absolute atomic E-state index is 0.0125. The summed E-state index contributed by atoms with van der Waals surface area (Å²) in [6.07, 6.45) is -3.92. The normalized spacial score (nSPS) is 13.6. The van der Waals surface area contributed by atoms with E-state index in [2.05, 4.69) is 10.1 Å². The molecule has 1 atom stereocenters. The number of hydrogen-bond donors (Lipinski definition) is 1. The highest BCUT2D eigenvalue weighted by Crippen LogP contribution is 2.20. The molecule has 0 aromatic heterocycles. The van der Waals surface area contributed by atoms with Crippen LogP contribution in [0.15, 0.2) is 18.2 Å². The molecule has 0 heterocycles. The number of halogens is 4. The van der Waals surface area contributed by atoms with E-state index in [1.165, 1.54) is 6.07 Å². The van der Waals surface area contributed by atoms with Crippen molar-refractivity contribution in [1.29, 1.82) is 0 Å². The van der Waals surface area contributed by atoms with Gasteiger partial charge in [-0.15, -0.1) is 0 Å². The molecule has 108 valence electrons. The molecule has 19 heavy (non-hydrogen) atoms. The summed E-state index contributed by atoms with van der Waals surface area (Å²) in [6.45, 7) is 0.388. The zero-order valence-corrected chi connectivity index (χ0v) is 10.9. The molecule has 0 amide bonds. The van der Waals surface area contributed by atoms with Crippen molar-refractivity contribution < 1.29 is 22.3 Å². The van der Waals surface area contributed by atoms with Gasteiger partial charge in [-0.3, -0.25) is 0 Å². The Balaban J connectivity index is 2.51. The van der Waals surface area contributed by atoms with Gasteiger partial charge in [0.05, 0.1) is 0 Å². The average Bonchev–Trinajstić information content (AvgIpc) is 2.32. The smallest absolute Gasteiger partial charge is 0.372 e. The maximum Gasteiger partial charge on any atom is 0.411 e. The summed E-state index contributed by atoms with van der Waals surface area (Å²) in [7, 11) is 1.70. The first-order valence-corrected chi connectivity index (χ1v) is 5.91. The summed E-state index contributed by atoms with van der Waals surface area (Å²) in [5.41, 5.74) is 1.34. The first-order chi connectivity index (χ1) is 8.83. The molecular weight excluding hydrogens is 262 g/mol. The van der Waals surface area contributed by atoms with Crippen LogP contribution >= 0.6 is 0 Å². The number of hydrogen-bond acceptors (Lipinski definition) is 2. The van der Waals surface area contributed by atoms with E-state index in [0.29, 0.717) is 12.0 Å². The highest BCUT2D eigenvalue weighted by Gasteiger charge is 2.27. The molecule has 1 aromatic carbocycles. The number of aryl methyl sites for hydroxylation is 1. The van der Waals surface area contributed by atoms with Crippen molar-refractivity contribution in [3.63, 3.8) is 0 Å². The van der Waals surface area contributed by atoms with Gasteiger partial charge in [0.25, 0.3) is 0 Å². The molecule has 2 nitrogen and oxygen atoms in total. The van der Waals surface area contributed by atoms with E-state index in [0.717, 1.165) is 5.56 Å². The van der Waals surface area contributed by atoms with Crippen molar-refractivity contribution in [2.24, 2.45) is 0 Å². The van der Waals surface area contributed by atoms with Crippen LogP contribution in [0.3, 0.4) is 0 Å². The van der Waals surface area contributed by atoms with E-state index in [-0.39, 0.29) is 18.5 Å². The lowest BCUT2D eigenvalue weighted by atomic mass is 10.0. The van der Waals surface area contributed by atoms with Crippen molar-refractivity contribution in [3.05, 3.63) is 35.1 Å². The maximum absolute atomic E-state index is 13.1. The number of nitrogens with one attached hydrogen (secondary N) is 1. The second-order valence-electron chi connectivity index (χ2n) is 4.31. The predicted molar refractivity (Wildman–Crippen MR) is 64.4 cm³/mol. The van der Waals surface area contributed by atoms with Crippen molar-refractivity contribution in [3.8, 4) is 0 Å². The lowest BCUT2D eigenvalue weighted by Crippen LogP contribution is -2.21. The number of alkyl halides is 3. The molecule has 6 heteroatoms. The Morgan fingerprint density at radius 3 is 2.53 bits per heavy atom. The van der Waals surface area contributed by atoms with Crippen LogP contribution in [-0.2, 0) is 4.74 Å². The molecule has 0 saturated heterocycles. The zero-order chi connectivity index (χ0) is 14.5. The summed E-state index contributed by atoms with van der Waals surface area (Å²) >= 11 is 0. The van der Waals surface area contributed by atoms with Crippen LogP contribution in [0.25, 0.3) is 0 Å². The van der Waals surface area contributed by atoms with Gasteiger partial charge in [-0.2, -0.15) is 13.2 Å². The predicted octanol–water partition coefficient (Wildman–Crippen LogP) is 3.36. The Kier molecular flexibility index (Phi) is 5.75. The molecule has 1 rings (SSSR count). The van der Waals surface area contributed by atoms with Crippen LogP contribution in [0, 0.1) is 12.7 Å². The fraction of sp³-hybridized carbons (Fsp3) is 0.538. The average molecular weight is 279 g/mol. The molecule has 0 aliphatic rings. The molecule has 0 aliphatic heterocycles. The molecule has 0 fully saturated rings. The fourth-order valence-corrected chi connectivity index (χ4v) is 1.75. The first-order valence-electron chi connectivity index (χ1n) is 5.91. The molecular formula is C13H17F4NO. The van der Waals surface area contributed by atoms with Gasteiger partial charge >= 0.3 is 6.18 Å². The third kappa shape index (κ3) is 5.57. The van der Waals surface area contributed by atoms with E-state index >= 15 is 0 Å².